The maximum atomic E-state index is 12.9. The van der Waals surface area contributed by atoms with E-state index in [9.17, 15) is 9.59 Å². The second kappa shape index (κ2) is 13.0. The molecule has 0 aliphatic heterocycles. The van der Waals surface area contributed by atoms with Gasteiger partial charge in [0.25, 0.3) is 0 Å². The fourth-order valence-electron chi connectivity index (χ4n) is 3.58. The molecule has 0 saturated carbocycles. The minimum absolute atomic E-state index is 0.0781. The molecule has 1 aliphatic carbocycles. The van der Waals surface area contributed by atoms with E-state index in [4.69, 9.17) is 14.6 Å². The lowest BCUT2D eigenvalue weighted by atomic mass is 9.90. The normalized spacial score (nSPS) is 18.4. The Bertz CT molecular complexity index is 692. The zero-order valence-corrected chi connectivity index (χ0v) is 18.0. The van der Waals surface area contributed by atoms with E-state index in [1.165, 1.54) is 0 Å². The van der Waals surface area contributed by atoms with Crippen LogP contribution in [0.4, 0.5) is 0 Å². The molecule has 0 fully saturated rings. The quantitative estimate of drug-likeness (QED) is 0.544. The first-order chi connectivity index (χ1) is 14.6. The summed E-state index contributed by atoms with van der Waals surface area (Å²) in [7, 11) is 1.62. The standard InChI is InChI=1S/C23H34N2O5/c1-3-4-10-22(27)25(12-14-29-2)19-15-18(23(28)24-11-13-26)16-21(17-19)30-20-8-6-5-7-9-20/h5-9,16,19,21,26H,3-4,10-15,17H2,1-2H3,(H,24,28). The molecule has 0 spiro atoms. The topological polar surface area (TPSA) is 88.1 Å². The number of ether oxygens (including phenoxy) is 2. The van der Waals surface area contributed by atoms with Gasteiger partial charge in [-0.2, -0.15) is 0 Å². The molecule has 2 atom stereocenters. The lowest BCUT2D eigenvalue weighted by Gasteiger charge is -2.37. The summed E-state index contributed by atoms with van der Waals surface area (Å²) in [4.78, 5) is 27.3. The van der Waals surface area contributed by atoms with Crippen molar-refractivity contribution in [2.75, 3.05) is 33.4 Å². The average Bonchev–Trinajstić information content (AvgIpc) is 2.76. The summed E-state index contributed by atoms with van der Waals surface area (Å²) in [6, 6.07) is 9.30. The Labute approximate surface area is 179 Å². The first-order valence-electron chi connectivity index (χ1n) is 10.7. The number of carbonyl (C=O) groups excluding carboxylic acids is 2. The van der Waals surface area contributed by atoms with Gasteiger partial charge in [-0.3, -0.25) is 9.59 Å². The molecule has 7 heteroatoms. The van der Waals surface area contributed by atoms with Crippen molar-refractivity contribution in [1.82, 2.24) is 10.2 Å². The number of carbonyl (C=O) groups is 2. The van der Waals surface area contributed by atoms with Crippen molar-refractivity contribution in [3.05, 3.63) is 42.0 Å². The zero-order chi connectivity index (χ0) is 21.8. The lowest BCUT2D eigenvalue weighted by molar-refractivity contribution is -0.135. The SMILES string of the molecule is CCCCC(=O)N(CCOC)C1CC(C(=O)NCCO)=CC(Oc2ccccc2)C1. The summed E-state index contributed by atoms with van der Waals surface area (Å²) in [6.45, 7) is 3.04. The smallest absolute Gasteiger partial charge is 0.247 e. The third kappa shape index (κ3) is 7.46. The number of nitrogens with zero attached hydrogens (tertiary/aromatic N) is 1. The van der Waals surface area contributed by atoms with Crippen LogP contribution >= 0.6 is 0 Å². The molecule has 0 saturated heterocycles. The molecule has 2 amide bonds. The monoisotopic (exact) mass is 418 g/mol. The minimum Gasteiger partial charge on any atom is -0.486 e. The Balaban J connectivity index is 2.22. The second-order valence-corrected chi connectivity index (χ2v) is 7.42. The van der Waals surface area contributed by atoms with Crippen molar-refractivity contribution in [2.45, 2.75) is 51.2 Å². The highest BCUT2D eigenvalue weighted by Crippen LogP contribution is 2.27. The highest BCUT2D eigenvalue weighted by Gasteiger charge is 2.32. The van der Waals surface area contributed by atoms with Crippen molar-refractivity contribution in [1.29, 1.82) is 0 Å². The van der Waals surface area contributed by atoms with E-state index in [1.54, 1.807) is 7.11 Å². The molecule has 166 valence electrons. The highest BCUT2D eigenvalue weighted by molar-refractivity contribution is 5.94. The number of para-hydroxylation sites is 1. The van der Waals surface area contributed by atoms with Crippen LogP contribution in [0.5, 0.6) is 5.75 Å². The number of benzene rings is 1. The number of aliphatic hydroxyl groups is 1. The van der Waals surface area contributed by atoms with E-state index in [0.717, 1.165) is 18.6 Å². The van der Waals surface area contributed by atoms with Crippen LogP contribution in [0.25, 0.3) is 0 Å². The summed E-state index contributed by atoms with van der Waals surface area (Å²) in [5, 5.41) is 11.7. The lowest BCUT2D eigenvalue weighted by Crippen LogP contribution is -2.47. The molecule has 0 radical (unpaired) electrons. The van der Waals surface area contributed by atoms with Gasteiger partial charge < -0.3 is 24.8 Å². The van der Waals surface area contributed by atoms with Gasteiger partial charge >= 0.3 is 0 Å². The van der Waals surface area contributed by atoms with E-state index in [2.05, 4.69) is 12.2 Å². The van der Waals surface area contributed by atoms with Gasteiger partial charge in [0.05, 0.1) is 13.2 Å². The van der Waals surface area contributed by atoms with Gasteiger partial charge in [-0.25, -0.2) is 0 Å². The predicted octanol–water partition coefficient (Wildman–Crippen LogP) is 2.30. The number of nitrogens with one attached hydrogen (secondary N) is 1. The van der Waals surface area contributed by atoms with Crippen LogP contribution < -0.4 is 10.1 Å². The van der Waals surface area contributed by atoms with Crippen LogP contribution in [0.2, 0.25) is 0 Å². The van der Waals surface area contributed by atoms with E-state index in [-0.39, 0.29) is 37.1 Å². The zero-order valence-electron chi connectivity index (χ0n) is 18.0. The number of methoxy groups -OCH3 is 1. The summed E-state index contributed by atoms with van der Waals surface area (Å²) in [5.41, 5.74) is 0.575. The maximum Gasteiger partial charge on any atom is 0.247 e. The van der Waals surface area contributed by atoms with E-state index < -0.39 is 0 Å². The Morgan fingerprint density at radius 1 is 1.27 bits per heavy atom. The summed E-state index contributed by atoms with van der Waals surface area (Å²) in [6.07, 6.45) is 4.82. The molecule has 0 heterocycles. The third-order valence-corrected chi connectivity index (χ3v) is 5.11. The van der Waals surface area contributed by atoms with Crippen molar-refractivity contribution in [3.8, 4) is 5.75 Å². The molecule has 7 nitrogen and oxygen atoms in total. The molecule has 1 aromatic rings. The third-order valence-electron chi connectivity index (χ3n) is 5.11. The Kier molecular flexibility index (Phi) is 10.4. The first-order valence-corrected chi connectivity index (χ1v) is 10.7. The van der Waals surface area contributed by atoms with Gasteiger partial charge in [0, 0.05) is 44.7 Å². The van der Waals surface area contributed by atoms with E-state index in [0.29, 0.717) is 38.0 Å². The molecular formula is C23H34N2O5. The Hall–Kier alpha value is -2.38. The summed E-state index contributed by atoms with van der Waals surface area (Å²) in [5.74, 6) is 0.563. The Morgan fingerprint density at radius 3 is 2.70 bits per heavy atom. The van der Waals surface area contributed by atoms with Crippen molar-refractivity contribution in [3.63, 3.8) is 0 Å². The number of unbranched alkanes of at least 4 members (excludes halogenated alkanes) is 1. The molecule has 1 aliphatic rings. The molecule has 30 heavy (non-hydrogen) atoms. The van der Waals surface area contributed by atoms with Crippen molar-refractivity contribution in [2.24, 2.45) is 0 Å². The van der Waals surface area contributed by atoms with Gasteiger partial charge in [0.15, 0.2) is 0 Å². The number of hydrogen-bond acceptors (Lipinski definition) is 5. The molecule has 1 aromatic carbocycles. The van der Waals surface area contributed by atoms with Gasteiger partial charge in [0.1, 0.15) is 11.9 Å². The van der Waals surface area contributed by atoms with Crippen LogP contribution in [-0.2, 0) is 14.3 Å². The summed E-state index contributed by atoms with van der Waals surface area (Å²) < 4.78 is 11.3. The van der Waals surface area contributed by atoms with Crippen LogP contribution in [0, 0.1) is 0 Å². The average molecular weight is 419 g/mol. The van der Waals surface area contributed by atoms with E-state index in [1.807, 2.05) is 41.3 Å². The molecule has 2 rings (SSSR count). The van der Waals surface area contributed by atoms with Crippen LogP contribution in [-0.4, -0.2) is 67.4 Å². The van der Waals surface area contributed by atoms with Gasteiger partial charge in [-0.1, -0.05) is 31.5 Å². The largest absolute Gasteiger partial charge is 0.486 e. The number of aliphatic hydroxyl groups excluding tert-OH is 1. The minimum atomic E-state index is -0.329. The van der Waals surface area contributed by atoms with Gasteiger partial charge in [0.2, 0.25) is 11.8 Å². The number of hydrogen-bond donors (Lipinski definition) is 2. The van der Waals surface area contributed by atoms with Gasteiger partial charge in [-0.05, 0) is 31.1 Å². The van der Waals surface area contributed by atoms with Crippen molar-refractivity contribution >= 4 is 11.8 Å². The molecule has 0 aromatic heterocycles. The molecular weight excluding hydrogens is 384 g/mol. The fraction of sp³-hybridized carbons (Fsp3) is 0.565. The molecule has 2 unspecified atom stereocenters. The number of amides is 2. The van der Waals surface area contributed by atoms with Crippen LogP contribution in [0.1, 0.15) is 39.0 Å². The van der Waals surface area contributed by atoms with Crippen LogP contribution in [0.3, 0.4) is 0 Å². The predicted molar refractivity (Wildman–Crippen MR) is 115 cm³/mol. The van der Waals surface area contributed by atoms with E-state index >= 15 is 0 Å². The maximum absolute atomic E-state index is 12.9. The highest BCUT2D eigenvalue weighted by atomic mass is 16.5. The molecule has 0 bridgehead atoms. The summed E-state index contributed by atoms with van der Waals surface area (Å²) >= 11 is 0. The fourth-order valence-corrected chi connectivity index (χ4v) is 3.58. The first kappa shape index (κ1) is 23.9. The number of rotatable bonds is 12. The van der Waals surface area contributed by atoms with Crippen molar-refractivity contribution < 1.29 is 24.2 Å². The van der Waals surface area contributed by atoms with Crippen LogP contribution in [0.15, 0.2) is 42.0 Å². The van der Waals surface area contributed by atoms with Gasteiger partial charge in [-0.15, -0.1) is 0 Å². The second-order valence-electron chi connectivity index (χ2n) is 7.42. The molecule has 2 N–H and O–H groups in total. The Morgan fingerprint density at radius 2 is 2.03 bits per heavy atom.